The number of nitrogens with one attached hydrogen (secondary N) is 2. The Bertz CT molecular complexity index is 1000. The van der Waals surface area contributed by atoms with Gasteiger partial charge in [0, 0.05) is 15.2 Å². The second-order valence-corrected chi connectivity index (χ2v) is 10.8. The van der Waals surface area contributed by atoms with Crippen molar-refractivity contribution in [3.8, 4) is 0 Å². The molecule has 0 aliphatic heterocycles. The van der Waals surface area contributed by atoms with Gasteiger partial charge in [0.2, 0.25) is 5.91 Å². The first kappa shape index (κ1) is 19.1. The Hall–Kier alpha value is -1.89. The number of hydrogen-bond acceptors (Lipinski definition) is 3. The van der Waals surface area contributed by atoms with Crippen molar-refractivity contribution in [3.63, 3.8) is 0 Å². The minimum absolute atomic E-state index is 0.0463. The highest BCUT2D eigenvalue weighted by Crippen LogP contribution is 2.64. The van der Waals surface area contributed by atoms with Crippen LogP contribution >= 0.6 is 15.9 Å². The summed E-state index contributed by atoms with van der Waals surface area (Å²) in [5.41, 5.74) is 0.643. The Balaban J connectivity index is 1.53. The van der Waals surface area contributed by atoms with Crippen LogP contribution in [0.1, 0.15) is 55.9 Å². The maximum Gasteiger partial charge on any atom is 0.356 e. The lowest BCUT2D eigenvalue weighted by Gasteiger charge is -2.59. The van der Waals surface area contributed by atoms with Gasteiger partial charge in [-0.05, 0) is 75.5 Å². The molecule has 1 aromatic heterocycles. The molecular weight excluding hydrogens is 439 g/mol. The van der Waals surface area contributed by atoms with Crippen LogP contribution < -0.4 is 5.32 Å². The lowest BCUT2D eigenvalue weighted by Crippen LogP contribution is -2.57. The molecule has 4 fully saturated rings. The molecule has 4 bridgehead atoms. The van der Waals surface area contributed by atoms with E-state index in [1.807, 2.05) is 0 Å². The third-order valence-electron chi connectivity index (χ3n) is 6.95. The van der Waals surface area contributed by atoms with Crippen molar-refractivity contribution in [3.05, 3.63) is 29.7 Å². The van der Waals surface area contributed by atoms with Gasteiger partial charge in [-0.15, -0.1) is 0 Å². The Kier molecular flexibility index (Phi) is 4.32. The zero-order chi connectivity index (χ0) is 20.4. The number of carbonyl (C=O) groups is 2. The molecule has 0 unspecified atom stereocenters. The summed E-state index contributed by atoms with van der Waals surface area (Å²) in [6.07, 6.45) is 6.04. The maximum atomic E-state index is 13.9. The summed E-state index contributed by atoms with van der Waals surface area (Å²) in [6.45, 7) is 1.94. The summed E-state index contributed by atoms with van der Waals surface area (Å²) in [4.78, 5) is 29.1. The summed E-state index contributed by atoms with van der Waals surface area (Å²) >= 11 is 3.94. The standard InChI is InChI=1S/C22H24BrFN2O3/c1-2-29-19(27)18-17(15-6-14(24)3-4-16(15)25-18)26-20(28)21-7-12-5-13(8-21)10-22(23,9-12)11-21/h3-4,6,12-13,25H,2,5,7-11H2,1H3,(H,26,28)/t12-,13-,21?,22?/m1/s1. The number of anilines is 1. The highest BCUT2D eigenvalue weighted by Gasteiger charge is 2.59. The van der Waals surface area contributed by atoms with Gasteiger partial charge in [0.15, 0.2) is 0 Å². The van der Waals surface area contributed by atoms with Gasteiger partial charge in [0.1, 0.15) is 11.5 Å². The molecule has 4 aliphatic rings. The quantitative estimate of drug-likeness (QED) is 0.486. The summed E-state index contributed by atoms with van der Waals surface area (Å²) in [5, 5.41) is 3.50. The summed E-state index contributed by atoms with van der Waals surface area (Å²) in [5.74, 6) is 0.0854. The van der Waals surface area contributed by atoms with Gasteiger partial charge in [-0.25, -0.2) is 9.18 Å². The van der Waals surface area contributed by atoms with Gasteiger partial charge in [-0.3, -0.25) is 4.79 Å². The molecule has 1 amide bonds. The second kappa shape index (κ2) is 6.56. The normalized spacial score (nSPS) is 32.5. The molecule has 5 nitrogen and oxygen atoms in total. The van der Waals surface area contributed by atoms with Crippen molar-refractivity contribution >= 4 is 44.4 Å². The molecule has 2 N–H and O–H groups in total. The van der Waals surface area contributed by atoms with E-state index >= 15 is 0 Å². The number of amides is 1. The molecule has 7 heteroatoms. The number of ether oxygens (including phenoxy) is 1. The molecular formula is C22H24BrFN2O3. The summed E-state index contributed by atoms with van der Waals surface area (Å²) in [7, 11) is 0. The summed E-state index contributed by atoms with van der Waals surface area (Å²) < 4.78 is 19.1. The fourth-order valence-corrected chi connectivity index (χ4v) is 7.77. The Morgan fingerprint density at radius 1 is 1.28 bits per heavy atom. The summed E-state index contributed by atoms with van der Waals surface area (Å²) in [6, 6.07) is 4.24. The van der Waals surface area contributed by atoms with E-state index in [9.17, 15) is 14.0 Å². The van der Waals surface area contributed by atoms with Crippen molar-refractivity contribution in [2.24, 2.45) is 17.3 Å². The van der Waals surface area contributed by atoms with Gasteiger partial charge in [0.05, 0.1) is 17.7 Å². The molecule has 0 saturated heterocycles. The molecule has 4 aliphatic carbocycles. The zero-order valence-electron chi connectivity index (χ0n) is 16.3. The van der Waals surface area contributed by atoms with Gasteiger partial charge in [-0.2, -0.15) is 0 Å². The van der Waals surface area contributed by atoms with E-state index in [2.05, 4.69) is 26.2 Å². The molecule has 4 saturated carbocycles. The fraction of sp³-hybridized carbons (Fsp3) is 0.545. The van der Waals surface area contributed by atoms with Crippen LogP contribution in [0.3, 0.4) is 0 Å². The first-order valence-corrected chi connectivity index (χ1v) is 11.1. The van der Waals surface area contributed by atoms with E-state index in [4.69, 9.17) is 4.74 Å². The predicted molar refractivity (Wildman–Crippen MR) is 112 cm³/mol. The number of rotatable bonds is 4. The number of carbonyl (C=O) groups excluding carboxylic acids is 2. The van der Waals surface area contributed by atoms with Crippen LogP contribution in [-0.2, 0) is 9.53 Å². The van der Waals surface area contributed by atoms with Crippen LogP contribution in [0.5, 0.6) is 0 Å². The molecule has 2 atom stereocenters. The number of aromatic amines is 1. The lowest BCUT2D eigenvalue weighted by atomic mass is 9.49. The van der Waals surface area contributed by atoms with Crippen molar-refractivity contribution in [2.75, 3.05) is 11.9 Å². The minimum atomic E-state index is -0.554. The van der Waals surface area contributed by atoms with Gasteiger partial charge in [-0.1, -0.05) is 15.9 Å². The van der Waals surface area contributed by atoms with Crippen molar-refractivity contribution < 1.29 is 18.7 Å². The lowest BCUT2D eigenvalue weighted by molar-refractivity contribution is -0.138. The second-order valence-electron chi connectivity index (χ2n) is 9.13. The SMILES string of the molecule is CCOC(=O)c1[nH]c2ccc(F)cc2c1NC(=O)C12C[C@H]3C[C@@H](CC(Br)(C3)C1)C2. The molecule has 1 aromatic carbocycles. The monoisotopic (exact) mass is 462 g/mol. The van der Waals surface area contributed by atoms with Gasteiger partial charge in [0.25, 0.3) is 0 Å². The highest BCUT2D eigenvalue weighted by molar-refractivity contribution is 9.10. The van der Waals surface area contributed by atoms with E-state index in [1.165, 1.54) is 18.6 Å². The predicted octanol–water partition coefficient (Wildman–Crippen LogP) is 5.16. The van der Waals surface area contributed by atoms with Gasteiger partial charge < -0.3 is 15.0 Å². The maximum absolute atomic E-state index is 13.9. The van der Waals surface area contributed by atoms with Gasteiger partial charge >= 0.3 is 5.97 Å². The Morgan fingerprint density at radius 3 is 2.66 bits per heavy atom. The van der Waals surface area contributed by atoms with Crippen LogP contribution in [0.15, 0.2) is 18.2 Å². The number of benzene rings is 1. The van der Waals surface area contributed by atoms with Crippen molar-refractivity contribution in [1.82, 2.24) is 4.98 Å². The third kappa shape index (κ3) is 3.09. The first-order chi connectivity index (χ1) is 13.8. The van der Waals surface area contributed by atoms with E-state index < -0.39 is 17.2 Å². The Morgan fingerprint density at radius 2 is 2.00 bits per heavy atom. The molecule has 1 heterocycles. The van der Waals surface area contributed by atoms with Crippen molar-refractivity contribution in [1.29, 1.82) is 0 Å². The topological polar surface area (TPSA) is 71.2 Å². The largest absolute Gasteiger partial charge is 0.461 e. The van der Waals surface area contributed by atoms with Crippen LogP contribution in [-0.4, -0.2) is 27.8 Å². The minimum Gasteiger partial charge on any atom is -0.461 e. The molecule has 2 aromatic rings. The number of hydrogen-bond donors (Lipinski definition) is 2. The molecule has 29 heavy (non-hydrogen) atoms. The molecule has 6 rings (SSSR count). The average molecular weight is 463 g/mol. The fourth-order valence-electron chi connectivity index (χ4n) is 6.31. The van der Waals surface area contributed by atoms with Crippen LogP contribution in [0.4, 0.5) is 10.1 Å². The number of esters is 1. The molecule has 0 radical (unpaired) electrons. The smallest absolute Gasteiger partial charge is 0.356 e. The van der Waals surface area contributed by atoms with Crippen LogP contribution in [0, 0.1) is 23.1 Å². The Labute approximate surface area is 176 Å². The number of alkyl halides is 1. The van der Waals surface area contributed by atoms with E-state index in [0.717, 1.165) is 32.1 Å². The zero-order valence-corrected chi connectivity index (χ0v) is 17.9. The van der Waals surface area contributed by atoms with E-state index in [0.29, 0.717) is 28.4 Å². The van der Waals surface area contributed by atoms with Crippen LogP contribution in [0.2, 0.25) is 0 Å². The van der Waals surface area contributed by atoms with Crippen molar-refractivity contribution in [2.45, 2.75) is 49.8 Å². The van der Waals surface area contributed by atoms with Crippen LogP contribution in [0.25, 0.3) is 10.9 Å². The number of fused-ring (bicyclic) bond motifs is 1. The number of aromatic nitrogens is 1. The molecule has 0 spiro atoms. The third-order valence-corrected chi connectivity index (χ3v) is 7.88. The number of halogens is 2. The molecule has 154 valence electrons. The van der Waals surface area contributed by atoms with E-state index in [-0.39, 0.29) is 22.5 Å². The highest BCUT2D eigenvalue weighted by atomic mass is 79.9. The van der Waals surface area contributed by atoms with E-state index in [1.54, 1.807) is 13.0 Å². The number of H-pyrrole nitrogens is 1. The first-order valence-electron chi connectivity index (χ1n) is 10.3. The average Bonchev–Trinajstić information content (AvgIpc) is 2.98.